The zero-order valence-electron chi connectivity index (χ0n) is 12.1. The predicted octanol–water partition coefficient (Wildman–Crippen LogP) is 6.29. The van der Waals surface area contributed by atoms with Gasteiger partial charge in [-0.15, -0.1) is 23.4 Å². The second-order valence-electron chi connectivity index (χ2n) is 4.64. The van der Waals surface area contributed by atoms with Gasteiger partial charge >= 0.3 is 0 Å². The van der Waals surface area contributed by atoms with Crippen molar-refractivity contribution in [3.05, 3.63) is 58.1 Å². The number of benzene rings is 2. The van der Waals surface area contributed by atoms with Gasteiger partial charge in [-0.25, -0.2) is 0 Å². The number of halogens is 2. The van der Waals surface area contributed by atoms with Crippen molar-refractivity contribution in [2.75, 3.05) is 12.9 Å². The molecule has 0 aliphatic carbocycles. The Balaban J connectivity index is 2.27. The normalized spacial score (nSPS) is 12.2. The smallest absolute Gasteiger partial charge is 0.133 e. The summed E-state index contributed by atoms with van der Waals surface area (Å²) in [5.41, 5.74) is 2.20. The maximum absolute atomic E-state index is 6.67. The fourth-order valence-corrected chi connectivity index (χ4v) is 3.60. The average molecular weight is 386 g/mol. The van der Waals surface area contributed by atoms with Crippen molar-refractivity contribution in [3.63, 3.8) is 0 Å². The molecule has 112 valence electrons. The first-order valence-corrected chi connectivity index (χ1v) is 9.32. The standard InChI is InChI=1S/C17H18BrClOS/c1-3-10-20-15-9-8-12(11-14(15)18)17(19)13-6-4-5-7-16(13)21-2/h4-9,11,17H,3,10H2,1-2H3. The summed E-state index contributed by atoms with van der Waals surface area (Å²) in [6.45, 7) is 2.81. The summed E-state index contributed by atoms with van der Waals surface area (Å²) in [5, 5.41) is -0.162. The summed E-state index contributed by atoms with van der Waals surface area (Å²) in [6, 6.07) is 14.3. The molecule has 1 unspecified atom stereocenters. The van der Waals surface area contributed by atoms with Gasteiger partial charge in [-0.3, -0.25) is 0 Å². The molecule has 0 aliphatic rings. The first-order chi connectivity index (χ1) is 10.2. The molecule has 21 heavy (non-hydrogen) atoms. The van der Waals surface area contributed by atoms with Gasteiger partial charge in [0.15, 0.2) is 0 Å². The molecule has 4 heteroatoms. The van der Waals surface area contributed by atoms with Gasteiger partial charge in [-0.05, 0) is 57.9 Å². The highest BCUT2D eigenvalue weighted by Crippen LogP contribution is 2.37. The summed E-state index contributed by atoms with van der Waals surface area (Å²) < 4.78 is 6.62. The Labute approximate surface area is 144 Å². The van der Waals surface area contributed by atoms with E-state index in [4.69, 9.17) is 16.3 Å². The van der Waals surface area contributed by atoms with E-state index in [0.717, 1.165) is 34.4 Å². The third kappa shape index (κ3) is 4.18. The molecule has 0 saturated carbocycles. The Kier molecular flexibility index (Phi) is 6.46. The van der Waals surface area contributed by atoms with E-state index in [0.29, 0.717) is 0 Å². The van der Waals surface area contributed by atoms with Crippen molar-refractivity contribution >= 4 is 39.3 Å². The number of hydrogen-bond donors (Lipinski definition) is 0. The van der Waals surface area contributed by atoms with Crippen molar-refractivity contribution in [3.8, 4) is 5.75 Å². The van der Waals surface area contributed by atoms with Crippen LogP contribution >= 0.6 is 39.3 Å². The second kappa shape index (κ2) is 8.11. The molecule has 0 fully saturated rings. The fourth-order valence-electron chi connectivity index (χ4n) is 2.06. The third-order valence-corrected chi connectivity index (χ3v) is 5.04. The maximum atomic E-state index is 6.67. The highest BCUT2D eigenvalue weighted by atomic mass is 79.9. The monoisotopic (exact) mass is 384 g/mol. The largest absolute Gasteiger partial charge is 0.492 e. The summed E-state index contributed by atoms with van der Waals surface area (Å²) in [5.74, 6) is 0.864. The minimum absolute atomic E-state index is 0.162. The number of thioether (sulfide) groups is 1. The van der Waals surface area contributed by atoms with Crippen LogP contribution in [0, 0.1) is 0 Å². The quantitative estimate of drug-likeness (QED) is 0.427. The summed E-state index contributed by atoms with van der Waals surface area (Å²) in [6.07, 6.45) is 3.06. The highest BCUT2D eigenvalue weighted by molar-refractivity contribution is 9.10. The molecule has 2 rings (SSSR count). The summed E-state index contributed by atoms with van der Waals surface area (Å²) >= 11 is 12.0. The van der Waals surface area contributed by atoms with Crippen molar-refractivity contribution in [2.45, 2.75) is 23.6 Å². The van der Waals surface area contributed by atoms with E-state index in [2.05, 4.69) is 41.2 Å². The zero-order valence-corrected chi connectivity index (χ0v) is 15.3. The van der Waals surface area contributed by atoms with E-state index in [1.165, 1.54) is 4.90 Å². The molecule has 0 radical (unpaired) electrons. The lowest BCUT2D eigenvalue weighted by Gasteiger charge is -2.15. The fraction of sp³-hybridized carbons (Fsp3) is 0.294. The molecule has 0 saturated heterocycles. The minimum atomic E-state index is -0.162. The van der Waals surface area contributed by atoms with E-state index in [9.17, 15) is 0 Å². The van der Waals surface area contributed by atoms with Crippen LogP contribution in [0.1, 0.15) is 29.8 Å². The van der Waals surface area contributed by atoms with Crippen molar-refractivity contribution in [2.24, 2.45) is 0 Å². The SMILES string of the molecule is CCCOc1ccc(C(Cl)c2ccccc2SC)cc1Br. The molecular weight excluding hydrogens is 368 g/mol. The molecule has 0 heterocycles. The van der Waals surface area contributed by atoms with Gasteiger partial charge in [0.2, 0.25) is 0 Å². The van der Waals surface area contributed by atoms with Crippen molar-refractivity contribution in [1.29, 1.82) is 0 Å². The van der Waals surface area contributed by atoms with Crippen LogP contribution in [-0.2, 0) is 0 Å². The van der Waals surface area contributed by atoms with Crippen LogP contribution in [0.2, 0.25) is 0 Å². The summed E-state index contributed by atoms with van der Waals surface area (Å²) in [4.78, 5) is 1.21. The molecule has 0 aliphatic heterocycles. The first-order valence-electron chi connectivity index (χ1n) is 6.86. The van der Waals surface area contributed by atoms with Crippen molar-refractivity contribution < 1.29 is 4.74 Å². The maximum Gasteiger partial charge on any atom is 0.133 e. The molecule has 1 nitrogen and oxygen atoms in total. The van der Waals surface area contributed by atoms with Gasteiger partial charge in [0, 0.05) is 4.90 Å². The first kappa shape index (κ1) is 16.7. The topological polar surface area (TPSA) is 9.23 Å². The van der Waals surface area contributed by atoms with Gasteiger partial charge in [-0.1, -0.05) is 31.2 Å². The molecule has 0 spiro atoms. The number of rotatable bonds is 6. The van der Waals surface area contributed by atoms with E-state index in [1.54, 1.807) is 11.8 Å². The highest BCUT2D eigenvalue weighted by Gasteiger charge is 2.15. The predicted molar refractivity (Wildman–Crippen MR) is 95.8 cm³/mol. The Morgan fingerprint density at radius 1 is 1.24 bits per heavy atom. The molecule has 0 amide bonds. The van der Waals surface area contributed by atoms with Crippen LogP contribution in [0.5, 0.6) is 5.75 Å². The Morgan fingerprint density at radius 3 is 2.67 bits per heavy atom. The van der Waals surface area contributed by atoms with Gasteiger partial charge in [-0.2, -0.15) is 0 Å². The zero-order chi connectivity index (χ0) is 15.2. The van der Waals surface area contributed by atoms with Crippen LogP contribution in [0.15, 0.2) is 51.8 Å². The van der Waals surface area contributed by atoms with Crippen molar-refractivity contribution in [1.82, 2.24) is 0 Å². The van der Waals surface area contributed by atoms with Crippen LogP contribution in [0.3, 0.4) is 0 Å². The summed E-state index contributed by atoms with van der Waals surface area (Å²) in [7, 11) is 0. The minimum Gasteiger partial charge on any atom is -0.492 e. The molecule has 0 aromatic heterocycles. The van der Waals surface area contributed by atoms with Gasteiger partial charge < -0.3 is 4.74 Å². The van der Waals surface area contributed by atoms with Crippen LogP contribution < -0.4 is 4.74 Å². The van der Waals surface area contributed by atoms with Crippen LogP contribution in [0.4, 0.5) is 0 Å². The third-order valence-electron chi connectivity index (χ3n) is 3.12. The van der Waals surface area contributed by atoms with E-state index < -0.39 is 0 Å². The molecule has 2 aromatic carbocycles. The number of hydrogen-bond acceptors (Lipinski definition) is 2. The molecule has 0 bridgehead atoms. The molecule has 0 N–H and O–H groups in total. The van der Waals surface area contributed by atoms with Gasteiger partial charge in [0.25, 0.3) is 0 Å². The molecular formula is C17H18BrClOS. The second-order valence-corrected chi connectivity index (χ2v) is 6.78. The average Bonchev–Trinajstić information content (AvgIpc) is 2.53. The van der Waals surface area contributed by atoms with Gasteiger partial charge in [0.1, 0.15) is 5.75 Å². The lowest BCUT2D eigenvalue weighted by molar-refractivity contribution is 0.315. The van der Waals surface area contributed by atoms with Crippen LogP contribution in [-0.4, -0.2) is 12.9 Å². The van der Waals surface area contributed by atoms with E-state index in [-0.39, 0.29) is 5.38 Å². The Hall–Kier alpha value is -0.640. The Morgan fingerprint density at radius 2 is 2.00 bits per heavy atom. The lowest BCUT2D eigenvalue weighted by atomic mass is 10.0. The van der Waals surface area contributed by atoms with E-state index >= 15 is 0 Å². The molecule has 1 atom stereocenters. The lowest BCUT2D eigenvalue weighted by Crippen LogP contribution is -1.99. The van der Waals surface area contributed by atoms with E-state index in [1.807, 2.05) is 30.3 Å². The number of alkyl halides is 1. The number of ether oxygens (including phenoxy) is 1. The Bertz CT molecular complexity index is 603. The molecule has 2 aromatic rings. The van der Waals surface area contributed by atoms with Crippen LogP contribution in [0.25, 0.3) is 0 Å². The van der Waals surface area contributed by atoms with Gasteiger partial charge in [0.05, 0.1) is 16.5 Å².